The third-order valence-electron chi connectivity index (χ3n) is 2.17. The van der Waals surface area contributed by atoms with Gasteiger partial charge in [-0.25, -0.2) is 0 Å². The molecule has 0 aliphatic carbocycles. The monoisotopic (exact) mass is 326 g/mol. The van der Waals surface area contributed by atoms with Crippen LogP contribution in [0.4, 0.5) is 0 Å². The molecule has 0 saturated heterocycles. The van der Waals surface area contributed by atoms with E-state index in [1.54, 1.807) is 0 Å². The zero-order chi connectivity index (χ0) is 11.4. The van der Waals surface area contributed by atoms with Crippen LogP contribution in [-0.2, 0) is 0 Å². The summed E-state index contributed by atoms with van der Waals surface area (Å²) in [6, 6.07) is 15.5. The minimum absolute atomic E-state index is 0.807. The molecule has 0 aromatic heterocycles. The molecule has 82 valence electrons. The molecule has 0 spiro atoms. The first-order valence-corrected chi connectivity index (χ1v) is 5.79. The molecule has 0 unspecified atom stereocenters. The average molecular weight is 326 g/mol. The summed E-state index contributed by atoms with van der Waals surface area (Å²) in [6.45, 7) is 2.05. The van der Waals surface area contributed by atoms with Crippen molar-refractivity contribution < 1.29 is 7.80 Å². The van der Waals surface area contributed by atoms with Crippen LogP contribution in [0.1, 0.15) is 5.56 Å². The van der Waals surface area contributed by atoms with Gasteiger partial charge in [0, 0.05) is 0 Å². The molecule has 0 N–H and O–H groups in total. The molecular weight excluding hydrogens is 315 g/mol. The zero-order valence-electron chi connectivity index (χ0n) is 8.81. The summed E-state index contributed by atoms with van der Waals surface area (Å²) in [4.78, 5) is 0. The fraction of sp³-hybridized carbons (Fsp3) is 0.0769. The van der Waals surface area contributed by atoms with Gasteiger partial charge in [-0.1, -0.05) is 17.7 Å². The van der Waals surface area contributed by atoms with E-state index >= 15 is 0 Å². The maximum absolute atomic E-state index is 5.67. The van der Waals surface area contributed by atoms with Crippen LogP contribution in [-0.4, -0.2) is 0 Å². The number of benzene rings is 2. The molecule has 2 nitrogen and oxygen atoms in total. The first-order valence-electron chi connectivity index (χ1n) is 4.91. The van der Waals surface area contributed by atoms with E-state index in [-0.39, 0.29) is 0 Å². The summed E-state index contributed by atoms with van der Waals surface area (Å²) >= 11 is 1.85. The molecule has 16 heavy (non-hydrogen) atoms. The van der Waals surface area contributed by atoms with E-state index in [2.05, 4.69) is 6.92 Å². The number of halogens is 1. The second-order valence-corrected chi connectivity index (χ2v) is 3.90. The van der Waals surface area contributed by atoms with Gasteiger partial charge in [0.1, 0.15) is 17.2 Å². The van der Waals surface area contributed by atoms with Crippen molar-refractivity contribution >= 4 is 23.0 Å². The second kappa shape index (κ2) is 5.21. The Labute approximate surface area is 109 Å². The molecule has 0 fully saturated rings. The zero-order valence-corrected chi connectivity index (χ0v) is 11.0. The highest BCUT2D eigenvalue weighted by Gasteiger charge is 1.97. The molecule has 0 saturated carbocycles. The summed E-state index contributed by atoms with van der Waals surface area (Å²) in [5, 5.41) is 0. The van der Waals surface area contributed by atoms with Crippen molar-refractivity contribution in [3.05, 3.63) is 54.1 Å². The maximum Gasteiger partial charge on any atom is 0.192 e. The lowest BCUT2D eigenvalue weighted by Crippen LogP contribution is -1.84. The van der Waals surface area contributed by atoms with Gasteiger partial charge in [0.15, 0.2) is 23.0 Å². The maximum atomic E-state index is 5.67. The first kappa shape index (κ1) is 11.3. The van der Waals surface area contributed by atoms with Gasteiger partial charge in [-0.3, -0.25) is 0 Å². The lowest BCUT2D eigenvalue weighted by molar-refractivity contribution is 0.482. The van der Waals surface area contributed by atoms with E-state index in [4.69, 9.17) is 7.80 Å². The summed E-state index contributed by atoms with van der Waals surface area (Å²) in [6.07, 6.45) is 0. The van der Waals surface area contributed by atoms with Crippen LogP contribution in [0.15, 0.2) is 48.5 Å². The molecule has 0 radical (unpaired) electrons. The Bertz CT molecular complexity index is 448. The number of hydrogen-bond acceptors (Lipinski definition) is 2. The van der Waals surface area contributed by atoms with Crippen LogP contribution < -0.4 is 7.80 Å². The van der Waals surface area contributed by atoms with Gasteiger partial charge < -0.3 is 7.80 Å². The van der Waals surface area contributed by atoms with E-state index in [0.717, 1.165) is 17.2 Å². The van der Waals surface area contributed by atoms with Crippen molar-refractivity contribution in [2.45, 2.75) is 6.92 Å². The Morgan fingerprint density at radius 1 is 0.750 bits per heavy atom. The van der Waals surface area contributed by atoms with E-state index in [1.807, 2.05) is 71.5 Å². The Hall–Kier alpha value is -1.23. The van der Waals surface area contributed by atoms with Crippen LogP contribution in [0.25, 0.3) is 0 Å². The summed E-state index contributed by atoms with van der Waals surface area (Å²) in [5.41, 5.74) is 1.22. The lowest BCUT2D eigenvalue weighted by atomic mass is 10.2. The van der Waals surface area contributed by atoms with Crippen LogP contribution in [0.3, 0.4) is 0 Å². The largest absolute Gasteiger partial charge is 0.457 e. The van der Waals surface area contributed by atoms with Crippen molar-refractivity contribution in [2.75, 3.05) is 0 Å². The van der Waals surface area contributed by atoms with E-state index in [9.17, 15) is 0 Å². The predicted octanol–water partition coefficient (Wildman–Crippen LogP) is 4.52. The topological polar surface area (TPSA) is 18.5 Å². The van der Waals surface area contributed by atoms with Gasteiger partial charge in [0.2, 0.25) is 0 Å². The van der Waals surface area contributed by atoms with Crippen LogP contribution in [0.2, 0.25) is 0 Å². The van der Waals surface area contributed by atoms with Gasteiger partial charge in [0.05, 0.1) is 0 Å². The Morgan fingerprint density at radius 3 is 1.69 bits per heavy atom. The summed E-state index contributed by atoms with van der Waals surface area (Å²) < 4.78 is 10.7. The van der Waals surface area contributed by atoms with Crippen molar-refractivity contribution in [3.63, 3.8) is 0 Å². The molecule has 0 bridgehead atoms. The van der Waals surface area contributed by atoms with Crippen molar-refractivity contribution in [2.24, 2.45) is 0 Å². The van der Waals surface area contributed by atoms with E-state index in [0.29, 0.717) is 0 Å². The molecule has 0 heterocycles. The van der Waals surface area contributed by atoms with Crippen LogP contribution in [0, 0.1) is 6.92 Å². The van der Waals surface area contributed by atoms with Crippen molar-refractivity contribution in [1.29, 1.82) is 0 Å². The van der Waals surface area contributed by atoms with Gasteiger partial charge >= 0.3 is 0 Å². The van der Waals surface area contributed by atoms with Gasteiger partial charge in [-0.05, 0) is 43.3 Å². The standard InChI is InChI=1S/C13H11IO2/c1-10-2-4-11(5-3-10)15-12-6-8-13(16-14)9-7-12/h2-9H,1H3. The quantitative estimate of drug-likeness (QED) is 0.773. The first-order chi connectivity index (χ1) is 7.78. The lowest BCUT2D eigenvalue weighted by Gasteiger charge is -2.06. The molecule has 0 amide bonds. The van der Waals surface area contributed by atoms with Crippen LogP contribution >= 0.6 is 23.0 Å². The fourth-order valence-corrected chi connectivity index (χ4v) is 1.60. The highest BCUT2D eigenvalue weighted by atomic mass is 127. The fourth-order valence-electron chi connectivity index (χ4n) is 1.30. The number of ether oxygens (including phenoxy) is 1. The summed E-state index contributed by atoms with van der Waals surface area (Å²) in [7, 11) is 0. The second-order valence-electron chi connectivity index (χ2n) is 3.46. The summed E-state index contributed by atoms with van der Waals surface area (Å²) in [5.74, 6) is 2.46. The molecule has 0 atom stereocenters. The highest BCUT2D eigenvalue weighted by molar-refractivity contribution is 14.1. The third kappa shape index (κ3) is 2.88. The van der Waals surface area contributed by atoms with Gasteiger partial charge in [-0.2, -0.15) is 0 Å². The molecular formula is C13H11IO2. The predicted molar refractivity (Wildman–Crippen MR) is 72.3 cm³/mol. The molecule has 2 rings (SSSR count). The number of rotatable bonds is 3. The highest BCUT2D eigenvalue weighted by Crippen LogP contribution is 2.24. The molecule has 0 aliphatic heterocycles. The molecule has 3 heteroatoms. The van der Waals surface area contributed by atoms with E-state index in [1.165, 1.54) is 5.56 Å². The van der Waals surface area contributed by atoms with Gasteiger partial charge in [0.25, 0.3) is 0 Å². The Kier molecular flexibility index (Phi) is 3.66. The van der Waals surface area contributed by atoms with Crippen molar-refractivity contribution in [3.8, 4) is 17.2 Å². The Morgan fingerprint density at radius 2 is 1.19 bits per heavy atom. The number of aryl methyl sites for hydroxylation is 1. The normalized spacial score (nSPS) is 9.88. The minimum Gasteiger partial charge on any atom is -0.457 e. The van der Waals surface area contributed by atoms with Crippen molar-refractivity contribution in [1.82, 2.24) is 0 Å². The Balaban J connectivity index is 2.11. The van der Waals surface area contributed by atoms with Crippen LogP contribution in [0.5, 0.6) is 17.2 Å². The van der Waals surface area contributed by atoms with E-state index < -0.39 is 0 Å². The molecule has 2 aromatic carbocycles. The van der Waals surface area contributed by atoms with Gasteiger partial charge in [-0.15, -0.1) is 0 Å². The smallest absolute Gasteiger partial charge is 0.192 e. The molecule has 2 aromatic rings. The number of hydrogen-bond donors (Lipinski definition) is 0. The average Bonchev–Trinajstić information content (AvgIpc) is 2.33. The molecule has 0 aliphatic rings. The minimum atomic E-state index is 0.807. The SMILES string of the molecule is Cc1ccc(Oc2ccc(OI)cc2)cc1. The third-order valence-corrected chi connectivity index (χ3v) is 2.68.